The molecule has 2 atom stereocenters. The fourth-order valence-electron chi connectivity index (χ4n) is 9.96. The molecule has 266 valence electrons. The first-order valence-corrected chi connectivity index (χ1v) is 18.4. The number of halogens is 2. The Balaban J connectivity index is 1.09. The normalized spacial score (nSPS) is 28.1. The number of aromatic nitrogens is 3. The van der Waals surface area contributed by atoms with Crippen LogP contribution in [0.4, 0.5) is 14.6 Å². The summed E-state index contributed by atoms with van der Waals surface area (Å²) < 4.78 is 50.0. The molecule has 9 rings (SSSR count). The van der Waals surface area contributed by atoms with E-state index >= 15 is 4.39 Å². The van der Waals surface area contributed by atoms with Gasteiger partial charge in [-0.05, 0) is 86.9 Å². The van der Waals surface area contributed by atoms with Gasteiger partial charge < -0.3 is 24.2 Å². The fraction of sp³-hybridized carbons (Fsp3) is 0.525. The van der Waals surface area contributed by atoms with E-state index in [0.717, 1.165) is 58.3 Å². The average molecular weight is 696 g/mol. The standard InChI is InChI=1S/C40H43F2N5O4/c1-2-28-31(41)8-7-25-18-27(48)19-29(33(25)28)35-34(42)36-30(22-43-35)37(46-12-5-15-49-17-14-46)45-38(44-36)51-24-40-9-3-6-32(40)47(13-4-10-40)26-20-39(21-26)11-16-50-23-39/h1,7-8,18-19,22,26,32,48H,3-6,9-17,20-21,23-24H2/t26?,32-,39?,40-/m1/s1. The Morgan fingerprint density at radius 3 is 2.73 bits per heavy atom. The summed E-state index contributed by atoms with van der Waals surface area (Å²) in [6, 6.07) is 6.75. The predicted molar refractivity (Wildman–Crippen MR) is 190 cm³/mol. The molecule has 2 aromatic carbocycles. The minimum absolute atomic E-state index is 0.0137. The molecule has 2 aliphatic carbocycles. The third kappa shape index (κ3) is 5.58. The van der Waals surface area contributed by atoms with E-state index in [2.05, 4.69) is 20.7 Å². The molecular weight excluding hydrogens is 652 g/mol. The summed E-state index contributed by atoms with van der Waals surface area (Å²) in [7, 11) is 0. The minimum atomic E-state index is -0.721. The summed E-state index contributed by atoms with van der Waals surface area (Å²) in [6.45, 7) is 5.77. The highest BCUT2D eigenvalue weighted by atomic mass is 19.1. The highest BCUT2D eigenvalue weighted by molar-refractivity contribution is 6.03. The summed E-state index contributed by atoms with van der Waals surface area (Å²) in [5.41, 5.74) is 0.474. The Kier molecular flexibility index (Phi) is 8.25. The fourth-order valence-corrected chi connectivity index (χ4v) is 9.96. The van der Waals surface area contributed by atoms with Gasteiger partial charge in [-0.1, -0.05) is 18.4 Å². The maximum atomic E-state index is 17.0. The van der Waals surface area contributed by atoms with Gasteiger partial charge in [0, 0.05) is 60.9 Å². The topological polar surface area (TPSA) is 93.1 Å². The number of phenolic OH excluding ortho intramolecular Hbond substituents is 1. The van der Waals surface area contributed by atoms with Crippen molar-refractivity contribution >= 4 is 27.5 Å². The number of ether oxygens (including phenoxy) is 3. The van der Waals surface area contributed by atoms with Crippen molar-refractivity contribution in [2.75, 3.05) is 57.6 Å². The monoisotopic (exact) mass is 695 g/mol. The zero-order valence-electron chi connectivity index (χ0n) is 28.8. The van der Waals surface area contributed by atoms with Gasteiger partial charge in [0.2, 0.25) is 0 Å². The quantitative estimate of drug-likeness (QED) is 0.224. The lowest BCUT2D eigenvalue weighted by atomic mass is 9.63. The van der Waals surface area contributed by atoms with Crippen molar-refractivity contribution in [3.05, 3.63) is 47.7 Å². The number of anilines is 1. The SMILES string of the molecule is C#Cc1c(F)ccc2cc(O)cc(-c3ncc4c(N5CCCOCC5)nc(OC[C@]56CCC[C@H]5N(C5CC7(CCOC7)C5)CCC6)nc4c3F)c12. The van der Waals surface area contributed by atoms with Crippen LogP contribution in [0, 0.1) is 34.8 Å². The van der Waals surface area contributed by atoms with Gasteiger partial charge in [0.25, 0.3) is 0 Å². The Labute approximate surface area is 296 Å². The Morgan fingerprint density at radius 2 is 1.88 bits per heavy atom. The van der Waals surface area contributed by atoms with Crippen LogP contribution in [0.25, 0.3) is 32.9 Å². The van der Waals surface area contributed by atoms with E-state index in [1.807, 2.05) is 0 Å². The number of phenols is 1. The number of rotatable bonds is 6. The molecule has 11 heteroatoms. The van der Waals surface area contributed by atoms with Crippen molar-refractivity contribution in [1.29, 1.82) is 0 Å². The Hall–Kier alpha value is -4.11. The summed E-state index contributed by atoms with van der Waals surface area (Å²) in [5, 5.41) is 11.8. The lowest BCUT2D eigenvalue weighted by molar-refractivity contribution is -0.0813. The van der Waals surface area contributed by atoms with Crippen LogP contribution in [0.5, 0.6) is 11.8 Å². The van der Waals surface area contributed by atoms with Gasteiger partial charge in [0.1, 0.15) is 28.6 Å². The number of fused-ring (bicyclic) bond motifs is 3. The molecule has 0 unspecified atom stereocenters. The van der Waals surface area contributed by atoms with Crippen LogP contribution in [0.2, 0.25) is 0 Å². The van der Waals surface area contributed by atoms with Crippen molar-refractivity contribution in [2.24, 2.45) is 10.8 Å². The van der Waals surface area contributed by atoms with Gasteiger partial charge in [0.05, 0.1) is 30.8 Å². The highest BCUT2D eigenvalue weighted by Gasteiger charge is 2.55. The van der Waals surface area contributed by atoms with Crippen molar-refractivity contribution in [3.8, 4) is 35.4 Å². The molecule has 0 radical (unpaired) electrons. The van der Waals surface area contributed by atoms with Crippen molar-refractivity contribution < 1.29 is 28.1 Å². The molecule has 4 aromatic rings. The van der Waals surface area contributed by atoms with Crippen molar-refractivity contribution in [1.82, 2.24) is 19.9 Å². The molecule has 3 aliphatic heterocycles. The minimum Gasteiger partial charge on any atom is -0.508 e. The first kappa shape index (κ1) is 32.8. The van der Waals surface area contributed by atoms with Crippen LogP contribution >= 0.6 is 0 Å². The van der Waals surface area contributed by atoms with Crippen molar-refractivity contribution in [3.63, 3.8) is 0 Å². The van der Waals surface area contributed by atoms with E-state index in [0.29, 0.717) is 72.4 Å². The van der Waals surface area contributed by atoms with E-state index in [1.54, 1.807) is 6.20 Å². The maximum absolute atomic E-state index is 17.0. The lowest BCUT2D eigenvalue weighted by Gasteiger charge is -2.56. The van der Waals surface area contributed by atoms with Gasteiger partial charge in [-0.3, -0.25) is 9.88 Å². The van der Waals surface area contributed by atoms with Crippen LogP contribution in [0.1, 0.15) is 63.4 Å². The smallest absolute Gasteiger partial charge is 0.319 e. The molecule has 5 aliphatic rings. The highest BCUT2D eigenvalue weighted by Crippen LogP contribution is 2.55. The van der Waals surface area contributed by atoms with E-state index in [-0.39, 0.29) is 39.5 Å². The summed E-state index contributed by atoms with van der Waals surface area (Å²) in [6.07, 6.45) is 17.3. The zero-order valence-corrected chi connectivity index (χ0v) is 28.8. The number of pyridine rings is 1. The van der Waals surface area contributed by atoms with E-state index < -0.39 is 11.6 Å². The summed E-state index contributed by atoms with van der Waals surface area (Å²) >= 11 is 0. The third-order valence-corrected chi connectivity index (χ3v) is 12.4. The molecule has 5 heterocycles. The first-order valence-electron chi connectivity index (χ1n) is 18.4. The number of likely N-dealkylation sites (tertiary alicyclic amines) is 1. The van der Waals surface area contributed by atoms with E-state index in [4.69, 9.17) is 30.6 Å². The second-order valence-electron chi connectivity index (χ2n) is 15.4. The molecule has 3 saturated heterocycles. The molecule has 1 N–H and O–H groups in total. The third-order valence-electron chi connectivity index (χ3n) is 12.4. The van der Waals surface area contributed by atoms with Crippen LogP contribution in [0.3, 0.4) is 0 Å². The first-order chi connectivity index (χ1) is 24.9. The molecular formula is C40H43F2N5O4. The van der Waals surface area contributed by atoms with Crippen LogP contribution in [0.15, 0.2) is 30.5 Å². The van der Waals surface area contributed by atoms with Gasteiger partial charge in [-0.15, -0.1) is 6.42 Å². The Bertz CT molecular complexity index is 2030. The second-order valence-corrected chi connectivity index (χ2v) is 15.4. The zero-order chi connectivity index (χ0) is 34.7. The predicted octanol–water partition coefficient (Wildman–Crippen LogP) is 6.62. The Morgan fingerprint density at radius 1 is 1.00 bits per heavy atom. The number of benzene rings is 2. The number of terminal acetylenes is 1. The molecule has 1 spiro atoms. The molecule has 2 aromatic heterocycles. The molecule has 51 heavy (non-hydrogen) atoms. The van der Waals surface area contributed by atoms with E-state index in [9.17, 15) is 9.50 Å². The number of hydrogen-bond acceptors (Lipinski definition) is 9. The van der Waals surface area contributed by atoms with Gasteiger partial charge >= 0.3 is 6.01 Å². The van der Waals surface area contributed by atoms with E-state index in [1.165, 1.54) is 43.5 Å². The van der Waals surface area contributed by atoms with Gasteiger partial charge in [-0.2, -0.15) is 9.97 Å². The van der Waals surface area contributed by atoms with Crippen molar-refractivity contribution in [2.45, 2.75) is 69.9 Å². The van der Waals surface area contributed by atoms with Gasteiger partial charge in [0.15, 0.2) is 5.82 Å². The molecule has 2 saturated carbocycles. The molecule has 5 fully saturated rings. The van der Waals surface area contributed by atoms with Crippen LogP contribution < -0.4 is 9.64 Å². The molecule has 9 nitrogen and oxygen atoms in total. The van der Waals surface area contributed by atoms with Gasteiger partial charge in [-0.25, -0.2) is 8.78 Å². The number of piperidine rings is 1. The second kappa shape index (κ2) is 12.8. The number of aromatic hydroxyl groups is 1. The molecule has 0 bridgehead atoms. The lowest BCUT2D eigenvalue weighted by Crippen LogP contribution is -2.60. The number of nitrogens with zero attached hydrogens (tertiary/aromatic N) is 5. The summed E-state index contributed by atoms with van der Waals surface area (Å²) in [4.78, 5) is 19.0. The molecule has 0 amide bonds. The largest absolute Gasteiger partial charge is 0.508 e. The summed E-state index contributed by atoms with van der Waals surface area (Å²) in [5.74, 6) is 1.49. The average Bonchev–Trinajstić information content (AvgIpc) is 3.71. The van der Waals surface area contributed by atoms with Crippen LogP contribution in [-0.2, 0) is 9.47 Å². The maximum Gasteiger partial charge on any atom is 0.319 e. The van der Waals surface area contributed by atoms with Crippen LogP contribution in [-0.4, -0.2) is 89.7 Å². The number of hydrogen-bond donors (Lipinski definition) is 1.